The summed E-state index contributed by atoms with van der Waals surface area (Å²) in [6, 6.07) is 11.8. The van der Waals surface area contributed by atoms with Gasteiger partial charge in [0.2, 0.25) is 5.91 Å². The molecule has 106 valence electrons. The lowest BCUT2D eigenvalue weighted by Gasteiger charge is -2.15. The Balaban J connectivity index is 2.03. The maximum atomic E-state index is 12.1. The van der Waals surface area contributed by atoms with E-state index in [1.807, 2.05) is 54.2 Å². The van der Waals surface area contributed by atoms with Gasteiger partial charge in [-0.3, -0.25) is 4.79 Å². The molecule has 2 aromatic rings. The molecule has 5 heteroatoms. The van der Waals surface area contributed by atoms with Crippen LogP contribution in [0.3, 0.4) is 0 Å². The molecule has 0 saturated carbocycles. The first-order chi connectivity index (χ1) is 9.60. The van der Waals surface area contributed by atoms with Crippen molar-refractivity contribution in [3.05, 3.63) is 52.8 Å². The Labute approximate surface area is 127 Å². The fraction of sp³-hybridized carbons (Fsp3) is 0.267. The number of carbonyl (C=O) groups is 1. The fourth-order valence-electron chi connectivity index (χ4n) is 2.03. The highest BCUT2D eigenvalue weighted by atomic mass is 79.9. The molecular formula is C15H18BrN3O. The first-order valence-corrected chi connectivity index (χ1v) is 7.27. The Morgan fingerprint density at radius 3 is 2.85 bits per heavy atom. The first-order valence-electron chi connectivity index (χ1n) is 6.48. The average Bonchev–Trinajstić information content (AvgIpc) is 2.85. The van der Waals surface area contributed by atoms with Gasteiger partial charge in [0.15, 0.2) is 0 Å². The molecule has 0 spiro atoms. The number of halogens is 1. The van der Waals surface area contributed by atoms with Gasteiger partial charge in [0, 0.05) is 28.1 Å². The second-order valence-corrected chi connectivity index (χ2v) is 5.55. The van der Waals surface area contributed by atoms with E-state index in [1.165, 1.54) is 0 Å². The predicted octanol–water partition coefficient (Wildman–Crippen LogP) is 3.17. The molecule has 0 fully saturated rings. The molecule has 1 heterocycles. The lowest BCUT2D eigenvalue weighted by atomic mass is 10.2. The predicted molar refractivity (Wildman–Crippen MR) is 84.7 cm³/mol. The van der Waals surface area contributed by atoms with Gasteiger partial charge in [0.05, 0.1) is 0 Å². The first kappa shape index (κ1) is 14.8. The maximum absolute atomic E-state index is 12.1. The average molecular weight is 336 g/mol. The molecule has 1 unspecified atom stereocenters. The summed E-state index contributed by atoms with van der Waals surface area (Å²) in [7, 11) is 1.91. The monoisotopic (exact) mass is 335 g/mol. The van der Waals surface area contributed by atoms with Crippen LogP contribution in [0.2, 0.25) is 0 Å². The van der Waals surface area contributed by atoms with Crippen molar-refractivity contribution >= 4 is 27.5 Å². The van der Waals surface area contributed by atoms with Crippen molar-refractivity contribution in [2.24, 2.45) is 0 Å². The van der Waals surface area contributed by atoms with Crippen LogP contribution in [0.25, 0.3) is 0 Å². The molecule has 1 aromatic heterocycles. The Morgan fingerprint density at radius 1 is 1.35 bits per heavy atom. The summed E-state index contributed by atoms with van der Waals surface area (Å²) in [4.78, 5) is 12.1. The lowest BCUT2D eigenvalue weighted by molar-refractivity contribution is -0.116. The van der Waals surface area contributed by atoms with Gasteiger partial charge in [-0.05, 0) is 44.3 Å². The Kier molecular flexibility index (Phi) is 4.98. The molecule has 0 radical (unpaired) electrons. The molecule has 0 aliphatic rings. The van der Waals surface area contributed by atoms with Crippen LogP contribution in [0, 0.1) is 0 Å². The molecule has 20 heavy (non-hydrogen) atoms. The normalized spacial score (nSPS) is 12.2. The van der Waals surface area contributed by atoms with Crippen molar-refractivity contribution in [1.29, 1.82) is 0 Å². The van der Waals surface area contributed by atoms with Crippen molar-refractivity contribution in [2.45, 2.75) is 19.5 Å². The highest BCUT2D eigenvalue weighted by Gasteiger charge is 2.11. The molecule has 0 aliphatic heterocycles. The Morgan fingerprint density at radius 2 is 2.15 bits per heavy atom. The Hall–Kier alpha value is -1.59. The number of carbonyl (C=O) groups excluding carboxylic acids is 1. The number of hydrogen-bond acceptors (Lipinski definition) is 2. The number of anilines is 1. The van der Waals surface area contributed by atoms with Crippen LogP contribution in [-0.4, -0.2) is 17.5 Å². The summed E-state index contributed by atoms with van der Waals surface area (Å²) >= 11 is 3.39. The SMILES string of the molecule is CNC(C)c1cccn1CC(=O)Nc1cccc(Br)c1. The minimum Gasteiger partial charge on any atom is -0.341 e. The number of nitrogens with zero attached hydrogens (tertiary/aromatic N) is 1. The molecule has 1 atom stereocenters. The smallest absolute Gasteiger partial charge is 0.244 e. The van der Waals surface area contributed by atoms with Crippen LogP contribution in [0.4, 0.5) is 5.69 Å². The highest BCUT2D eigenvalue weighted by Crippen LogP contribution is 2.16. The molecule has 2 N–H and O–H groups in total. The van der Waals surface area contributed by atoms with E-state index in [4.69, 9.17) is 0 Å². The zero-order chi connectivity index (χ0) is 14.5. The van der Waals surface area contributed by atoms with Crippen molar-refractivity contribution in [1.82, 2.24) is 9.88 Å². The van der Waals surface area contributed by atoms with Crippen LogP contribution in [-0.2, 0) is 11.3 Å². The zero-order valence-corrected chi connectivity index (χ0v) is 13.1. The van der Waals surface area contributed by atoms with Crippen LogP contribution in [0.5, 0.6) is 0 Å². The molecule has 2 rings (SSSR count). The van der Waals surface area contributed by atoms with Gasteiger partial charge in [-0.1, -0.05) is 22.0 Å². The van der Waals surface area contributed by atoms with Gasteiger partial charge in [-0.25, -0.2) is 0 Å². The Bertz CT molecular complexity index is 594. The third kappa shape index (κ3) is 3.71. The van der Waals surface area contributed by atoms with E-state index in [9.17, 15) is 4.79 Å². The standard InChI is InChI=1S/C15H18BrN3O/c1-11(17-2)14-7-4-8-19(14)10-15(20)18-13-6-3-5-12(16)9-13/h3-9,11,17H,10H2,1-2H3,(H,18,20). The number of rotatable bonds is 5. The van der Waals surface area contributed by atoms with Crippen LogP contribution in [0.15, 0.2) is 47.1 Å². The summed E-state index contributed by atoms with van der Waals surface area (Å²) in [6.45, 7) is 2.37. The van der Waals surface area contributed by atoms with E-state index < -0.39 is 0 Å². The molecule has 1 amide bonds. The van der Waals surface area contributed by atoms with E-state index in [2.05, 4.69) is 33.5 Å². The van der Waals surface area contributed by atoms with E-state index in [0.717, 1.165) is 15.9 Å². The second-order valence-electron chi connectivity index (χ2n) is 4.63. The number of amides is 1. The molecule has 0 bridgehead atoms. The van der Waals surface area contributed by atoms with E-state index in [1.54, 1.807) is 0 Å². The molecule has 1 aromatic carbocycles. The van der Waals surface area contributed by atoms with Crippen molar-refractivity contribution < 1.29 is 4.79 Å². The van der Waals surface area contributed by atoms with Crippen molar-refractivity contribution in [3.8, 4) is 0 Å². The maximum Gasteiger partial charge on any atom is 0.244 e. The van der Waals surface area contributed by atoms with Crippen LogP contribution < -0.4 is 10.6 Å². The zero-order valence-electron chi connectivity index (χ0n) is 11.6. The number of aromatic nitrogens is 1. The van der Waals surface area contributed by atoms with Crippen molar-refractivity contribution in [3.63, 3.8) is 0 Å². The number of benzene rings is 1. The minimum atomic E-state index is -0.0381. The summed E-state index contributed by atoms with van der Waals surface area (Å²) in [6.07, 6.45) is 1.92. The fourth-order valence-corrected chi connectivity index (χ4v) is 2.43. The largest absolute Gasteiger partial charge is 0.341 e. The van der Waals surface area contributed by atoms with Gasteiger partial charge in [0.1, 0.15) is 6.54 Å². The topological polar surface area (TPSA) is 46.1 Å². The van der Waals surface area contributed by atoms with Gasteiger partial charge < -0.3 is 15.2 Å². The van der Waals surface area contributed by atoms with Crippen LogP contribution >= 0.6 is 15.9 Å². The van der Waals surface area contributed by atoms with Gasteiger partial charge in [0.25, 0.3) is 0 Å². The van der Waals surface area contributed by atoms with Crippen LogP contribution in [0.1, 0.15) is 18.7 Å². The van der Waals surface area contributed by atoms with Gasteiger partial charge in [-0.2, -0.15) is 0 Å². The number of nitrogens with one attached hydrogen (secondary N) is 2. The van der Waals surface area contributed by atoms with Gasteiger partial charge in [-0.15, -0.1) is 0 Å². The highest BCUT2D eigenvalue weighted by molar-refractivity contribution is 9.10. The summed E-state index contributed by atoms with van der Waals surface area (Å²) in [5.41, 5.74) is 1.89. The summed E-state index contributed by atoms with van der Waals surface area (Å²) < 4.78 is 2.90. The van der Waals surface area contributed by atoms with Gasteiger partial charge >= 0.3 is 0 Å². The van der Waals surface area contributed by atoms with Crippen molar-refractivity contribution in [2.75, 3.05) is 12.4 Å². The van der Waals surface area contributed by atoms with E-state index in [-0.39, 0.29) is 11.9 Å². The molecule has 0 aliphatic carbocycles. The molecule has 0 saturated heterocycles. The second kappa shape index (κ2) is 6.72. The van der Waals surface area contributed by atoms with E-state index in [0.29, 0.717) is 6.54 Å². The summed E-state index contributed by atoms with van der Waals surface area (Å²) in [5, 5.41) is 6.07. The third-order valence-electron chi connectivity index (χ3n) is 3.16. The molecular weight excluding hydrogens is 318 g/mol. The van der Waals surface area contributed by atoms with E-state index >= 15 is 0 Å². The third-order valence-corrected chi connectivity index (χ3v) is 3.66. The number of hydrogen-bond donors (Lipinski definition) is 2. The lowest BCUT2D eigenvalue weighted by Crippen LogP contribution is -2.22. The molecule has 4 nitrogen and oxygen atoms in total. The quantitative estimate of drug-likeness (QED) is 0.881. The summed E-state index contributed by atoms with van der Waals surface area (Å²) in [5.74, 6) is -0.0381. The minimum absolute atomic E-state index is 0.0381.